The third kappa shape index (κ3) is 6.05. The minimum absolute atomic E-state index is 0.0334. The average Bonchev–Trinajstić information content (AvgIpc) is 2.72. The van der Waals surface area contributed by atoms with Gasteiger partial charge in [0.05, 0.1) is 16.7 Å². The first kappa shape index (κ1) is 21.8. The molecule has 31 heavy (non-hydrogen) atoms. The van der Waals surface area contributed by atoms with Gasteiger partial charge in [0.25, 0.3) is 0 Å². The topological polar surface area (TPSA) is 127 Å². The summed E-state index contributed by atoms with van der Waals surface area (Å²) in [5.41, 5.74) is 7.83. The van der Waals surface area contributed by atoms with Crippen LogP contribution >= 0.6 is 0 Å². The quantitative estimate of drug-likeness (QED) is 0.499. The van der Waals surface area contributed by atoms with Crippen LogP contribution in [0, 0.1) is 5.82 Å². The zero-order valence-electron chi connectivity index (χ0n) is 16.8. The molecule has 0 saturated heterocycles. The maximum absolute atomic E-state index is 13.5. The fourth-order valence-corrected chi connectivity index (χ4v) is 3.15. The van der Waals surface area contributed by atoms with Gasteiger partial charge in [-0.05, 0) is 29.8 Å². The first-order valence-electron chi connectivity index (χ1n) is 9.63. The zero-order chi connectivity index (χ0) is 22.4. The summed E-state index contributed by atoms with van der Waals surface area (Å²) >= 11 is 0. The zero-order valence-corrected chi connectivity index (χ0v) is 16.8. The highest BCUT2D eigenvalue weighted by molar-refractivity contribution is 5.91. The van der Waals surface area contributed by atoms with Crippen LogP contribution in [-0.4, -0.2) is 39.8 Å². The van der Waals surface area contributed by atoms with Crippen LogP contribution in [0.5, 0.6) is 0 Å². The number of hydrogen-bond donors (Lipinski definition) is 3. The van der Waals surface area contributed by atoms with Gasteiger partial charge in [0.2, 0.25) is 17.7 Å². The molecule has 0 unspecified atom stereocenters. The van der Waals surface area contributed by atoms with Gasteiger partial charge in [0.15, 0.2) is 0 Å². The number of aromatic nitrogens is 2. The van der Waals surface area contributed by atoms with Crippen molar-refractivity contribution in [3.63, 3.8) is 0 Å². The van der Waals surface area contributed by atoms with Crippen LogP contribution in [0.15, 0.2) is 54.7 Å². The van der Waals surface area contributed by atoms with Gasteiger partial charge in [-0.2, -0.15) is 0 Å². The second kappa shape index (κ2) is 9.75. The number of nitrogens with two attached hydrogens (primary N) is 1. The van der Waals surface area contributed by atoms with Crippen LogP contribution in [0.4, 0.5) is 4.39 Å². The van der Waals surface area contributed by atoms with E-state index in [1.165, 1.54) is 31.3 Å². The number of nitrogens with zero attached hydrogens (tertiary/aromatic N) is 2. The lowest BCUT2D eigenvalue weighted by molar-refractivity contribution is -0.130. The van der Waals surface area contributed by atoms with Crippen LogP contribution in [0.2, 0.25) is 0 Å². The number of primary amides is 1. The number of fused-ring (bicyclic) bond motifs is 1. The summed E-state index contributed by atoms with van der Waals surface area (Å²) in [6.07, 6.45) is 1.60. The van der Waals surface area contributed by atoms with Crippen molar-refractivity contribution in [2.45, 2.75) is 31.8 Å². The van der Waals surface area contributed by atoms with Gasteiger partial charge in [-0.15, -0.1) is 0 Å². The Kier molecular flexibility index (Phi) is 6.86. The molecule has 0 aliphatic rings. The van der Waals surface area contributed by atoms with Gasteiger partial charge in [-0.25, -0.2) is 9.37 Å². The normalized spacial score (nSPS) is 12.7. The summed E-state index contributed by atoms with van der Waals surface area (Å²) in [4.78, 5) is 45.1. The van der Waals surface area contributed by atoms with Crippen LogP contribution < -0.4 is 16.4 Å². The van der Waals surface area contributed by atoms with Gasteiger partial charge in [-0.1, -0.05) is 24.3 Å². The van der Waals surface area contributed by atoms with E-state index in [-0.39, 0.29) is 12.8 Å². The predicted octanol–water partition coefficient (Wildman–Crippen LogP) is 1.03. The van der Waals surface area contributed by atoms with Crippen LogP contribution in [-0.2, 0) is 27.2 Å². The molecule has 0 bridgehead atoms. The molecule has 2 aromatic carbocycles. The molecule has 1 heterocycles. The van der Waals surface area contributed by atoms with Crippen molar-refractivity contribution in [2.24, 2.45) is 5.73 Å². The molecule has 2 atom stereocenters. The molecule has 4 N–H and O–H groups in total. The highest BCUT2D eigenvalue weighted by Crippen LogP contribution is 2.11. The molecule has 0 aliphatic heterocycles. The molecule has 160 valence electrons. The number of benzene rings is 2. The Morgan fingerprint density at radius 1 is 1.00 bits per heavy atom. The highest BCUT2D eigenvalue weighted by atomic mass is 19.1. The van der Waals surface area contributed by atoms with E-state index in [1.807, 2.05) is 18.2 Å². The van der Waals surface area contributed by atoms with Crippen LogP contribution in [0.25, 0.3) is 11.0 Å². The average molecular weight is 423 g/mol. The number of halogens is 1. The molecular formula is C22H22FN5O3. The SMILES string of the molecule is CC(=O)N[C@H](Cc1cccc(F)c1)C(=O)N[C@@H](Cc1cnc2ccccc2n1)C(N)=O. The molecule has 3 amide bonds. The molecule has 0 saturated carbocycles. The largest absolute Gasteiger partial charge is 0.368 e. The second-order valence-corrected chi connectivity index (χ2v) is 7.10. The van der Waals surface area contributed by atoms with Crippen molar-refractivity contribution in [1.29, 1.82) is 0 Å². The summed E-state index contributed by atoms with van der Waals surface area (Å²) < 4.78 is 13.5. The minimum Gasteiger partial charge on any atom is -0.368 e. The van der Waals surface area contributed by atoms with Gasteiger partial charge in [0, 0.05) is 26.0 Å². The lowest BCUT2D eigenvalue weighted by Gasteiger charge is -2.21. The molecule has 0 aliphatic carbocycles. The molecule has 0 fully saturated rings. The summed E-state index contributed by atoms with van der Waals surface area (Å²) in [6.45, 7) is 1.27. The van der Waals surface area contributed by atoms with Crippen molar-refractivity contribution >= 4 is 28.8 Å². The Hall–Kier alpha value is -3.88. The van der Waals surface area contributed by atoms with Crippen LogP contribution in [0.1, 0.15) is 18.2 Å². The molecule has 9 heteroatoms. The number of rotatable bonds is 8. The number of nitrogens with one attached hydrogen (secondary N) is 2. The Morgan fingerprint density at radius 3 is 2.42 bits per heavy atom. The van der Waals surface area contributed by atoms with E-state index >= 15 is 0 Å². The standard InChI is InChI=1S/C22H22FN5O3/c1-13(29)26-20(10-14-5-4-6-15(23)9-14)22(31)28-19(21(24)30)11-16-12-25-17-7-2-3-8-18(17)27-16/h2-9,12,19-20H,10-11H2,1H3,(H2,24,30)(H,26,29)(H,28,31)/t19-,20+/m0/s1. The van der Waals surface area contributed by atoms with Gasteiger partial charge in [-0.3, -0.25) is 19.4 Å². The number of hydrogen-bond acceptors (Lipinski definition) is 5. The molecule has 3 aromatic rings. The minimum atomic E-state index is -1.06. The lowest BCUT2D eigenvalue weighted by Crippen LogP contribution is -2.54. The smallest absolute Gasteiger partial charge is 0.243 e. The third-order valence-corrected chi connectivity index (χ3v) is 4.59. The van der Waals surface area contributed by atoms with Crippen molar-refractivity contribution in [3.05, 3.63) is 71.8 Å². The van der Waals surface area contributed by atoms with Crippen molar-refractivity contribution in [1.82, 2.24) is 20.6 Å². The first-order valence-corrected chi connectivity index (χ1v) is 9.63. The molecule has 0 spiro atoms. The molecule has 8 nitrogen and oxygen atoms in total. The van der Waals surface area contributed by atoms with E-state index in [9.17, 15) is 18.8 Å². The van der Waals surface area contributed by atoms with E-state index in [0.29, 0.717) is 22.3 Å². The van der Waals surface area contributed by atoms with Gasteiger partial charge >= 0.3 is 0 Å². The fraction of sp³-hybridized carbons (Fsp3) is 0.227. The molecule has 3 rings (SSSR count). The van der Waals surface area contributed by atoms with Gasteiger partial charge < -0.3 is 16.4 Å². The van der Waals surface area contributed by atoms with Crippen LogP contribution in [0.3, 0.4) is 0 Å². The number of amides is 3. The summed E-state index contributed by atoms with van der Waals surface area (Å²) in [6, 6.07) is 10.9. The van der Waals surface area contributed by atoms with Crippen molar-refractivity contribution < 1.29 is 18.8 Å². The summed E-state index contributed by atoms with van der Waals surface area (Å²) in [5.74, 6) is -2.26. The van der Waals surface area contributed by atoms with E-state index < -0.39 is 35.6 Å². The van der Waals surface area contributed by atoms with E-state index in [2.05, 4.69) is 20.6 Å². The van der Waals surface area contributed by atoms with Crippen molar-refractivity contribution in [3.8, 4) is 0 Å². The summed E-state index contributed by atoms with van der Waals surface area (Å²) in [7, 11) is 0. The third-order valence-electron chi connectivity index (χ3n) is 4.59. The maximum Gasteiger partial charge on any atom is 0.243 e. The highest BCUT2D eigenvalue weighted by Gasteiger charge is 2.26. The number of carbonyl (C=O) groups is 3. The Bertz CT molecular complexity index is 1120. The van der Waals surface area contributed by atoms with Crippen molar-refractivity contribution in [2.75, 3.05) is 0 Å². The molecule has 0 radical (unpaired) electrons. The number of para-hydroxylation sites is 2. The van der Waals surface area contributed by atoms with E-state index in [0.717, 1.165) is 0 Å². The molecule has 1 aromatic heterocycles. The lowest BCUT2D eigenvalue weighted by atomic mass is 10.0. The Morgan fingerprint density at radius 2 is 1.74 bits per heavy atom. The first-order chi connectivity index (χ1) is 14.8. The fourth-order valence-electron chi connectivity index (χ4n) is 3.15. The Labute approximate surface area is 178 Å². The summed E-state index contributed by atoms with van der Waals surface area (Å²) in [5, 5.41) is 5.09. The second-order valence-electron chi connectivity index (χ2n) is 7.10. The van der Waals surface area contributed by atoms with Gasteiger partial charge in [0.1, 0.15) is 17.9 Å². The van der Waals surface area contributed by atoms with E-state index in [1.54, 1.807) is 12.1 Å². The Balaban J connectivity index is 1.75. The monoisotopic (exact) mass is 423 g/mol. The number of carbonyl (C=O) groups excluding carboxylic acids is 3. The predicted molar refractivity (Wildman–Crippen MR) is 112 cm³/mol. The molecular weight excluding hydrogens is 401 g/mol. The van der Waals surface area contributed by atoms with E-state index in [4.69, 9.17) is 5.73 Å². The maximum atomic E-state index is 13.5.